The number of aromatic nitrogens is 3. The lowest BCUT2D eigenvalue weighted by molar-refractivity contribution is -0.115. The Hall–Kier alpha value is -2.21. The largest absolute Gasteiger partial charge is 0.325 e. The lowest BCUT2D eigenvalue weighted by Gasteiger charge is -2.06. The Bertz CT molecular complexity index is 508. The zero-order valence-electron chi connectivity index (χ0n) is 10.1. The second-order valence-electron chi connectivity index (χ2n) is 3.88. The smallest absolute Gasteiger partial charge is 0.238 e. The number of benzene rings is 1. The van der Waals surface area contributed by atoms with Gasteiger partial charge in [-0.2, -0.15) is 0 Å². The lowest BCUT2D eigenvalue weighted by Crippen LogP contribution is -2.28. The van der Waals surface area contributed by atoms with E-state index in [4.69, 9.17) is 0 Å². The van der Waals surface area contributed by atoms with Gasteiger partial charge in [0.2, 0.25) is 5.91 Å². The second kappa shape index (κ2) is 5.92. The van der Waals surface area contributed by atoms with Gasteiger partial charge in [0.25, 0.3) is 0 Å². The summed E-state index contributed by atoms with van der Waals surface area (Å²) >= 11 is 0. The minimum atomic E-state index is -0.0802. The van der Waals surface area contributed by atoms with Crippen molar-refractivity contribution in [2.75, 3.05) is 11.9 Å². The molecule has 0 radical (unpaired) electrons. The molecular weight excluding hydrogens is 230 g/mol. The molecule has 6 heteroatoms. The van der Waals surface area contributed by atoms with Crippen LogP contribution in [0.1, 0.15) is 5.82 Å². The molecular formula is C12H15N5O. The highest BCUT2D eigenvalue weighted by Crippen LogP contribution is 2.03. The van der Waals surface area contributed by atoms with Gasteiger partial charge in [-0.05, 0) is 12.1 Å². The molecule has 1 aromatic heterocycles. The van der Waals surface area contributed by atoms with Crippen LogP contribution in [0.4, 0.5) is 5.69 Å². The summed E-state index contributed by atoms with van der Waals surface area (Å²) in [5.74, 6) is 0.714. The van der Waals surface area contributed by atoms with Crippen LogP contribution in [-0.4, -0.2) is 27.2 Å². The highest BCUT2D eigenvalue weighted by atomic mass is 16.1. The number of carbonyl (C=O) groups is 1. The Kier molecular flexibility index (Phi) is 4.03. The molecule has 0 saturated heterocycles. The van der Waals surface area contributed by atoms with E-state index in [0.29, 0.717) is 6.54 Å². The van der Waals surface area contributed by atoms with Crippen molar-refractivity contribution in [2.45, 2.75) is 6.54 Å². The normalized spacial score (nSPS) is 10.3. The molecule has 0 saturated carbocycles. The van der Waals surface area contributed by atoms with Crippen molar-refractivity contribution in [3.8, 4) is 0 Å². The first-order valence-electron chi connectivity index (χ1n) is 5.64. The van der Waals surface area contributed by atoms with Gasteiger partial charge in [0.15, 0.2) is 0 Å². The zero-order chi connectivity index (χ0) is 12.8. The van der Waals surface area contributed by atoms with Gasteiger partial charge < -0.3 is 15.2 Å². The van der Waals surface area contributed by atoms with Crippen molar-refractivity contribution < 1.29 is 4.79 Å². The van der Waals surface area contributed by atoms with Gasteiger partial charge in [-0.25, -0.2) is 0 Å². The second-order valence-corrected chi connectivity index (χ2v) is 3.88. The third kappa shape index (κ3) is 3.39. The Morgan fingerprint density at radius 1 is 1.33 bits per heavy atom. The van der Waals surface area contributed by atoms with Crippen molar-refractivity contribution in [1.82, 2.24) is 20.1 Å². The Balaban J connectivity index is 1.74. The molecule has 2 rings (SSSR count). The monoisotopic (exact) mass is 245 g/mol. The molecule has 0 aliphatic carbocycles. The number of aryl methyl sites for hydroxylation is 1. The fourth-order valence-electron chi connectivity index (χ4n) is 1.48. The number of hydrogen-bond donors (Lipinski definition) is 2. The van der Waals surface area contributed by atoms with Crippen LogP contribution in [0.5, 0.6) is 0 Å². The molecule has 18 heavy (non-hydrogen) atoms. The van der Waals surface area contributed by atoms with Crippen molar-refractivity contribution in [1.29, 1.82) is 0 Å². The van der Waals surface area contributed by atoms with E-state index in [9.17, 15) is 4.79 Å². The molecule has 0 aliphatic heterocycles. The van der Waals surface area contributed by atoms with Crippen LogP contribution < -0.4 is 10.6 Å². The molecule has 0 unspecified atom stereocenters. The van der Waals surface area contributed by atoms with E-state index < -0.39 is 0 Å². The number of para-hydroxylation sites is 1. The number of carbonyl (C=O) groups excluding carboxylic acids is 1. The summed E-state index contributed by atoms with van der Waals surface area (Å²) in [6, 6.07) is 9.36. The van der Waals surface area contributed by atoms with Gasteiger partial charge in [0, 0.05) is 12.7 Å². The first-order valence-corrected chi connectivity index (χ1v) is 5.64. The van der Waals surface area contributed by atoms with E-state index in [1.165, 1.54) is 0 Å². The van der Waals surface area contributed by atoms with Gasteiger partial charge in [-0.3, -0.25) is 4.79 Å². The summed E-state index contributed by atoms with van der Waals surface area (Å²) in [4.78, 5) is 11.6. The van der Waals surface area contributed by atoms with Crippen molar-refractivity contribution in [3.05, 3.63) is 42.5 Å². The fraction of sp³-hybridized carbons (Fsp3) is 0.250. The number of nitrogens with one attached hydrogen (secondary N) is 2. The molecule has 6 nitrogen and oxygen atoms in total. The van der Waals surface area contributed by atoms with Gasteiger partial charge >= 0.3 is 0 Å². The van der Waals surface area contributed by atoms with E-state index in [2.05, 4.69) is 20.8 Å². The highest BCUT2D eigenvalue weighted by molar-refractivity contribution is 5.92. The van der Waals surface area contributed by atoms with Crippen LogP contribution >= 0.6 is 0 Å². The number of amides is 1. The van der Waals surface area contributed by atoms with Crippen molar-refractivity contribution >= 4 is 11.6 Å². The average Bonchev–Trinajstić information content (AvgIpc) is 2.76. The molecule has 0 atom stereocenters. The van der Waals surface area contributed by atoms with E-state index in [1.54, 1.807) is 6.33 Å². The molecule has 0 bridgehead atoms. The first-order chi connectivity index (χ1) is 8.75. The van der Waals surface area contributed by atoms with Crippen LogP contribution in [0.3, 0.4) is 0 Å². The van der Waals surface area contributed by atoms with E-state index >= 15 is 0 Å². The van der Waals surface area contributed by atoms with Gasteiger partial charge in [-0.15, -0.1) is 10.2 Å². The van der Waals surface area contributed by atoms with Crippen LogP contribution in [-0.2, 0) is 18.4 Å². The molecule has 1 amide bonds. The molecule has 94 valence electrons. The van der Waals surface area contributed by atoms with E-state index in [1.807, 2.05) is 41.9 Å². The van der Waals surface area contributed by atoms with Crippen LogP contribution in [0.25, 0.3) is 0 Å². The van der Waals surface area contributed by atoms with Gasteiger partial charge in [-0.1, -0.05) is 18.2 Å². The number of nitrogens with zero attached hydrogens (tertiary/aromatic N) is 3. The summed E-state index contributed by atoms with van der Waals surface area (Å²) in [6.07, 6.45) is 1.63. The third-order valence-corrected chi connectivity index (χ3v) is 2.43. The molecule has 1 heterocycles. The summed E-state index contributed by atoms with van der Waals surface area (Å²) < 4.78 is 1.81. The molecule has 2 N–H and O–H groups in total. The SMILES string of the molecule is Cn1cnnc1CNCC(=O)Nc1ccccc1. The van der Waals surface area contributed by atoms with Crippen molar-refractivity contribution in [2.24, 2.45) is 7.05 Å². The fourth-order valence-corrected chi connectivity index (χ4v) is 1.48. The Morgan fingerprint density at radius 3 is 2.78 bits per heavy atom. The molecule has 1 aromatic carbocycles. The maximum Gasteiger partial charge on any atom is 0.238 e. The minimum Gasteiger partial charge on any atom is -0.325 e. The first kappa shape index (κ1) is 12.3. The van der Waals surface area contributed by atoms with Gasteiger partial charge in [0.1, 0.15) is 12.2 Å². The molecule has 0 spiro atoms. The van der Waals surface area contributed by atoms with Crippen LogP contribution in [0.15, 0.2) is 36.7 Å². The summed E-state index contributed by atoms with van der Waals surface area (Å²) in [5, 5.41) is 13.5. The number of rotatable bonds is 5. The maximum atomic E-state index is 11.6. The van der Waals surface area contributed by atoms with Gasteiger partial charge in [0.05, 0.1) is 13.1 Å². The third-order valence-electron chi connectivity index (χ3n) is 2.43. The number of hydrogen-bond acceptors (Lipinski definition) is 4. The predicted octanol–water partition coefficient (Wildman–Crippen LogP) is 0.543. The molecule has 0 fully saturated rings. The zero-order valence-corrected chi connectivity index (χ0v) is 10.1. The average molecular weight is 245 g/mol. The quantitative estimate of drug-likeness (QED) is 0.806. The number of anilines is 1. The van der Waals surface area contributed by atoms with E-state index in [-0.39, 0.29) is 12.5 Å². The highest BCUT2D eigenvalue weighted by Gasteiger charge is 2.03. The topological polar surface area (TPSA) is 71.8 Å². The maximum absolute atomic E-state index is 11.6. The predicted molar refractivity (Wildman–Crippen MR) is 67.8 cm³/mol. The minimum absolute atomic E-state index is 0.0802. The summed E-state index contributed by atoms with van der Waals surface area (Å²) in [5.41, 5.74) is 0.794. The molecule has 0 aliphatic rings. The Morgan fingerprint density at radius 2 is 2.11 bits per heavy atom. The van der Waals surface area contributed by atoms with Crippen LogP contribution in [0.2, 0.25) is 0 Å². The summed E-state index contributed by atoms with van der Waals surface area (Å²) in [6.45, 7) is 0.750. The molecule has 2 aromatic rings. The van der Waals surface area contributed by atoms with Crippen molar-refractivity contribution in [3.63, 3.8) is 0 Å². The summed E-state index contributed by atoms with van der Waals surface area (Å²) in [7, 11) is 1.86. The lowest BCUT2D eigenvalue weighted by atomic mass is 10.3. The van der Waals surface area contributed by atoms with Crippen LogP contribution in [0, 0.1) is 0 Å². The standard InChI is InChI=1S/C12H15N5O/c1-17-9-14-16-11(17)7-13-8-12(18)15-10-5-3-2-4-6-10/h2-6,9,13H,7-8H2,1H3,(H,15,18). The Labute approximate surface area is 105 Å². The van der Waals surface area contributed by atoms with E-state index in [0.717, 1.165) is 11.5 Å².